The van der Waals surface area contributed by atoms with E-state index >= 15 is 0 Å². The highest BCUT2D eigenvalue weighted by atomic mass is 19.2. The third-order valence-electron chi connectivity index (χ3n) is 3.74. The summed E-state index contributed by atoms with van der Waals surface area (Å²) >= 11 is 0. The van der Waals surface area contributed by atoms with Crippen molar-refractivity contribution < 1.29 is 18.0 Å². The van der Waals surface area contributed by atoms with Gasteiger partial charge in [0.15, 0.2) is 11.6 Å². The molecule has 1 amide bonds. The smallest absolute Gasteiger partial charge is 0.226 e. The van der Waals surface area contributed by atoms with E-state index in [4.69, 9.17) is 4.42 Å². The van der Waals surface area contributed by atoms with Crippen LogP contribution in [0.25, 0.3) is 11.5 Å². The molecule has 1 heterocycles. The van der Waals surface area contributed by atoms with Crippen LogP contribution in [0.4, 0.5) is 8.78 Å². The van der Waals surface area contributed by atoms with Crippen LogP contribution in [0.1, 0.15) is 24.2 Å². The average Bonchev–Trinajstić information content (AvgIpc) is 3.06. The van der Waals surface area contributed by atoms with E-state index < -0.39 is 17.7 Å². The Bertz CT molecular complexity index is 878. The number of nitrogens with zero attached hydrogens (tertiary/aromatic N) is 1. The van der Waals surface area contributed by atoms with E-state index in [0.717, 1.165) is 17.7 Å². The number of halogens is 2. The molecule has 4 nitrogen and oxygen atoms in total. The lowest BCUT2D eigenvalue weighted by Gasteiger charge is -2.14. The summed E-state index contributed by atoms with van der Waals surface area (Å²) in [4.78, 5) is 16.4. The first kappa shape index (κ1) is 16.8. The standard InChI is InChI=1S/C19H16F2N2O2/c1-12(14-7-8-16(20)17(21)9-14)22-18(24)10-15-11-25-19(23-15)13-5-3-2-4-6-13/h2-9,11-12H,10H2,1H3,(H,22,24). The molecule has 0 fully saturated rings. The summed E-state index contributed by atoms with van der Waals surface area (Å²) in [6.45, 7) is 1.70. The van der Waals surface area contributed by atoms with Crippen molar-refractivity contribution in [3.05, 3.63) is 77.7 Å². The first-order valence-corrected chi connectivity index (χ1v) is 7.77. The minimum Gasteiger partial charge on any atom is -0.444 e. The fraction of sp³-hybridized carbons (Fsp3) is 0.158. The van der Waals surface area contributed by atoms with Crippen molar-refractivity contribution in [1.29, 1.82) is 0 Å². The van der Waals surface area contributed by atoms with Crippen LogP contribution in [0.15, 0.2) is 59.2 Å². The molecule has 3 aromatic rings. The highest BCUT2D eigenvalue weighted by Gasteiger charge is 2.14. The highest BCUT2D eigenvalue weighted by molar-refractivity contribution is 5.78. The van der Waals surface area contributed by atoms with Gasteiger partial charge in [0.25, 0.3) is 0 Å². The molecule has 0 saturated carbocycles. The van der Waals surface area contributed by atoms with E-state index in [9.17, 15) is 13.6 Å². The van der Waals surface area contributed by atoms with E-state index in [1.54, 1.807) is 6.92 Å². The van der Waals surface area contributed by atoms with Gasteiger partial charge < -0.3 is 9.73 Å². The van der Waals surface area contributed by atoms with E-state index in [0.29, 0.717) is 17.1 Å². The van der Waals surface area contributed by atoms with E-state index in [2.05, 4.69) is 10.3 Å². The van der Waals surface area contributed by atoms with Gasteiger partial charge in [-0.25, -0.2) is 13.8 Å². The fourth-order valence-electron chi connectivity index (χ4n) is 2.42. The highest BCUT2D eigenvalue weighted by Crippen LogP contribution is 2.19. The SMILES string of the molecule is CC(NC(=O)Cc1coc(-c2ccccc2)n1)c1ccc(F)c(F)c1. The van der Waals surface area contributed by atoms with Gasteiger partial charge in [-0.2, -0.15) is 0 Å². The van der Waals surface area contributed by atoms with Crippen LogP contribution in [0.5, 0.6) is 0 Å². The molecule has 1 unspecified atom stereocenters. The summed E-state index contributed by atoms with van der Waals surface area (Å²) in [7, 11) is 0. The lowest BCUT2D eigenvalue weighted by atomic mass is 10.1. The van der Waals surface area contributed by atoms with Gasteiger partial charge in [0.2, 0.25) is 11.8 Å². The Hall–Kier alpha value is -3.02. The van der Waals surface area contributed by atoms with Crippen molar-refractivity contribution >= 4 is 5.91 Å². The Labute approximate surface area is 143 Å². The quantitative estimate of drug-likeness (QED) is 0.761. The summed E-state index contributed by atoms with van der Waals surface area (Å²) in [6.07, 6.45) is 1.47. The fourth-order valence-corrected chi connectivity index (χ4v) is 2.42. The second-order valence-electron chi connectivity index (χ2n) is 5.65. The summed E-state index contributed by atoms with van der Waals surface area (Å²) < 4.78 is 31.6. The number of oxazole rings is 1. The average molecular weight is 342 g/mol. The van der Waals surface area contributed by atoms with Crippen molar-refractivity contribution in [2.45, 2.75) is 19.4 Å². The predicted octanol–water partition coefficient (Wildman–Crippen LogP) is 4.04. The monoisotopic (exact) mass is 342 g/mol. The van der Waals surface area contributed by atoms with Crippen LogP contribution in [0, 0.1) is 11.6 Å². The van der Waals surface area contributed by atoms with E-state index in [1.165, 1.54) is 12.3 Å². The molecule has 0 aliphatic carbocycles. The van der Waals surface area contributed by atoms with Gasteiger partial charge in [0.1, 0.15) is 6.26 Å². The van der Waals surface area contributed by atoms with Gasteiger partial charge >= 0.3 is 0 Å². The van der Waals surface area contributed by atoms with Crippen molar-refractivity contribution in [1.82, 2.24) is 10.3 Å². The molecule has 0 bridgehead atoms. The Morgan fingerprint density at radius 2 is 1.92 bits per heavy atom. The van der Waals surface area contributed by atoms with Crippen LogP contribution in [0.3, 0.4) is 0 Å². The first-order valence-electron chi connectivity index (χ1n) is 7.77. The maximum atomic E-state index is 13.3. The molecule has 0 saturated heterocycles. The first-order chi connectivity index (χ1) is 12.0. The number of rotatable bonds is 5. The van der Waals surface area contributed by atoms with Crippen molar-refractivity contribution in [2.75, 3.05) is 0 Å². The van der Waals surface area contributed by atoms with Crippen LogP contribution in [-0.4, -0.2) is 10.9 Å². The molecule has 3 rings (SSSR count). The van der Waals surface area contributed by atoms with Crippen LogP contribution in [0.2, 0.25) is 0 Å². The molecule has 25 heavy (non-hydrogen) atoms. The maximum Gasteiger partial charge on any atom is 0.226 e. The van der Waals surface area contributed by atoms with Crippen molar-refractivity contribution in [3.8, 4) is 11.5 Å². The maximum absolute atomic E-state index is 13.3. The van der Waals surface area contributed by atoms with Gasteiger partial charge in [0, 0.05) is 5.56 Å². The number of amides is 1. The third-order valence-corrected chi connectivity index (χ3v) is 3.74. The van der Waals surface area contributed by atoms with Crippen molar-refractivity contribution in [2.24, 2.45) is 0 Å². The van der Waals surface area contributed by atoms with Gasteiger partial charge in [-0.1, -0.05) is 24.3 Å². The van der Waals surface area contributed by atoms with Crippen molar-refractivity contribution in [3.63, 3.8) is 0 Å². The zero-order chi connectivity index (χ0) is 17.8. The molecule has 1 aromatic heterocycles. The lowest BCUT2D eigenvalue weighted by molar-refractivity contribution is -0.121. The molecule has 6 heteroatoms. The largest absolute Gasteiger partial charge is 0.444 e. The number of nitrogens with one attached hydrogen (secondary N) is 1. The molecule has 2 aromatic carbocycles. The molecule has 1 N–H and O–H groups in total. The van der Waals surface area contributed by atoms with Gasteiger partial charge in [-0.05, 0) is 36.8 Å². The van der Waals surface area contributed by atoms with E-state index in [1.807, 2.05) is 30.3 Å². The zero-order valence-corrected chi connectivity index (χ0v) is 13.5. The van der Waals surface area contributed by atoms with Crippen LogP contribution >= 0.6 is 0 Å². The minimum absolute atomic E-state index is 0.0321. The molecule has 128 valence electrons. The van der Waals surface area contributed by atoms with Gasteiger partial charge in [-0.3, -0.25) is 4.79 Å². The Morgan fingerprint density at radius 3 is 2.64 bits per heavy atom. The Morgan fingerprint density at radius 1 is 1.16 bits per heavy atom. The Kier molecular flexibility index (Phi) is 4.88. The number of hydrogen-bond acceptors (Lipinski definition) is 3. The summed E-state index contributed by atoms with van der Waals surface area (Å²) in [5, 5.41) is 2.73. The minimum atomic E-state index is -0.942. The zero-order valence-electron chi connectivity index (χ0n) is 13.5. The molecule has 0 aliphatic rings. The Balaban J connectivity index is 1.62. The normalized spacial score (nSPS) is 12.0. The number of carbonyl (C=O) groups is 1. The molecular weight excluding hydrogens is 326 g/mol. The van der Waals surface area contributed by atoms with Gasteiger partial charge in [0.05, 0.1) is 18.2 Å². The van der Waals surface area contributed by atoms with Gasteiger partial charge in [-0.15, -0.1) is 0 Å². The molecule has 0 spiro atoms. The molecule has 0 radical (unpaired) electrons. The number of benzene rings is 2. The summed E-state index contributed by atoms with van der Waals surface area (Å²) in [5.74, 6) is -1.71. The van der Waals surface area contributed by atoms with E-state index in [-0.39, 0.29) is 12.3 Å². The lowest BCUT2D eigenvalue weighted by Crippen LogP contribution is -2.28. The third kappa shape index (κ3) is 4.09. The predicted molar refractivity (Wildman–Crippen MR) is 88.6 cm³/mol. The molecular formula is C19H16F2N2O2. The molecule has 0 aliphatic heterocycles. The number of hydrogen-bond donors (Lipinski definition) is 1. The summed E-state index contributed by atoms with van der Waals surface area (Å²) in [6, 6.07) is 12.4. The second kappa shape index (κ2) is 7.25. The van der Waals surface area contributed by atoms with Crippen LogP contribution in [-0.2, 0) is 11.2 Å². The number of aromatic nitrogens is 1. The topological polar surface area (TPSA) is 55.1 Å². The summed E-state index contributed by atoms with van der Waals surface area (Å²) in [5.41, 5.74) is 1.80. The molecule has 1 atom stereocenters. The second-order valence-corrected chi connectivity index (χ2v) is 5.65. The number of carbonyl (C=O) groups excluding carboxylic acids is 1. The van der Waals surface area contributed by atoms with Crippen LogP contribution < -0.4 is 5.32 Å².